The Morgan fingerprint density at radius 1 is 0.800 bits per heavy atom. The number of rotatable bonds is 10. The van der Waals surface area contributed by atoms with Crippen LogP contribution >= 0.6 is 0 Å². The van der Waals surface area contributed by atoms with E-state index in [-0.39, 0.29) is 11.5 Å². The summed E-state index contributed by atoms with van der Waals surface area (Å²) in [5.74, 6) is 5.39. The quantitative estimate of drug-likeness (QED) is 0.181. The molecule has 4 aliphatic carbocycles. The normalized spacial score (nSPS) is 50.6. The second-order valence-corrected chi connectivity index (χ2v) is 18.3. The molecule has 0 aromatic rings. The molecule has 5 fully saturated rings. The maximum atomic E-state index is 11.1. The highest BCUT2D eigenvalue weighted by molar-refractivity contribution is 5.25. The van der Waals surface area contributed by atoms with Crippen LogP contribution in [0.25, 0.3) is 0 Å². The van der Waals surface area contributed by atoms with Crippen LogP contribution in [0, 0.1) is 52.3 Å². The zero-order chi connectivity index (χ0) is 36.3. The van der Waals surface area contributed by atoms with Gasteiger partial charge in [-0.25, -0.2) is 0 Å². The molecule has 2 aliphatic heterocycles. The zero-order valence-electron chi connectivity index (χ0n) is 31.6. The largest absolute Gasteiger partial charge is 0.394 e. The van der Waals surface area contributed by atoms with E-state index in [0.29, 0.717) is 11.3 Å². The monoisotopic (exact) mass is 708 g/mol. The Hall–Kier alpha value is -0.660. The number of aliphatic hydroxyl groups excluding tert-OH is 6. The van der Waals surface area contributed by atoms with E-state index >= 15 is 0 Å². The van der Waals surface area contributed by atoms with Gasteiger partial charge in [0.25, 0.3) is 0 Å². The molecular formula is C40H68O10. The Bertz CT molecular complexity index is 1180. The number of hydrogen-bond acceptors (Lipinski definition) is 10. The molecule has 288 valence electrons. The average molecular weight is 709 g/mol. The van der Waals surface area contributed by atoms with Gasteiger partial charge in [-0.3, -0.25) is 0 Å². The second-order valence-electron chi connectivity index (χ2n) is 18.3. The minimum atomic E-state index is -1.63. The summed E-state index contributed by atoms with van der Waals surface area (Å²) in [5, 5.41) is 62.4. The van der Waals surface area contributed by atoms with Gasteiger partial charge in [0.05, 0.1) is 18.8 Å². The molecule has 3 saturated carbocycles. The van der Waals surface area contributed by atoms with Crippen molar-refractivity contribution in [2.24, 2.45) is 52.3 Å². The van der Waals surface area contributed by atoms with Gasteiger partial charge in [0.1, 0.15) is 42.7 Å². The van der Waals surface area contributed by atoms with Crippen molar-refractivity contribution in [3.63, 3.8) is 0 Å². The smallest absolute Gasteiger partial charge is 0.187 e. The van der Waals surface area contributed by atoms with Gasteiger partial charge in [0.2, 0.25) is 0 Å². The van der Waals surface area contributed by atoms with Crippen LogP contribution < -0.4 is 0 Å². The Morgan fingerprint density at radius 2 is 1.50 bits per heavy atom. The number of ether oxygens (including phenoxy) is 4. The summed E-state index contributed by atoms with van der Waals surface area (Å²) in [6.07, 6.45) is 1.15. The summed E-state index contributed by atoms with van der Waals surface area (Å²) < 4.78 is 23.7. The molecular weight excluding hydrogens is 640 g/mol. The predicted molar refractivity (Wildman–Crippen MR) is 187 cm³/mol. The zero-order valence-corrected chi connectivity index (χ0v) is 31.6. The Morgan fingerprint density at radius 3 is 2.20 bits per heavy atom. The molecule has 10 heteroatoms. The second kappa shape index (κ2) is 15.2. The molecule has 0 radical (unpaired) electrons. The van der Waals surface area contributed by atoms with Gasteiger partial charge >= 0.3 is 0 Å². The SMILES string of the molecule is CC(C)C(C)CCC(C)C1CCC2C3CC=C4CC(OC5OC(C)C(OC6OC(CO)C(O)C(O)C6O)C(O)C5O)CCC4(C)C3CCC12C. The molecule has 0 aromatic carbocycles. The number of hydrogen-bond donors (Lipinski definition) is 6. The number of aliphatic hydroxyl groups is 6. The topological polar surface area (TPSA) is 158 Å². The van der Waals surface area contributed by atoms with Crippen molar-refractivity contribution in [2.75, 3.05) is 6.61 Å². The molecule has 50 heavy (non-hydrogen) atoms. The Balaban J connectivity index is 1.06. The van der Waals surface area contributed by atoms with Crippen molar-refractivity contribution in [1.82, 2.24) is 0 Å². The minimum absolute atomic E-state index is 0.147. The molecule has 6 aliphatic rings. The van der Waals surface area contributed by atoms with Crippen LogP contribution in [-0.2, 0) is 18.9 Å². The maximum absolute atomic E-state index is 11.1. The van der Waals surface area contributed by atoms with Gasteiger partial charge in [0.15, 0.2) is 12.6 Å². The fourth-order valence-electron chi connectivity index (χ4n) is 11.6. The number of fused-ring (bicyclic) bond motifs is 5. The highest BCUT2D eigenvalue weighted by Gasteiger charge is 2.59. The molecule has 2 heterocycles. The summed E-state index contributed by atoms with van der Waals surface area (Å²) in [4.78, 5) is 0. The van der Waals surface area contributed by atoms with Crippen molar-refractivity contribution >= 4 is 0 Å². The third-order valence-electron chi connectivity index (χ3n) is 15.3. The fraction of sp³-hybridized carbons (Fsp3) is 0.950. The fourth-order valence-corrected chi connectivity index (χ4v) is 11.6. The van der Waals surface area contributed by atoms with Crippen LogP contribution in [0.3, 0.4) is 0 Å². The first-order chi connectivity index (χ1) is 23.6. The molecule has 6 rings (SSSR count). The standard InChI is InChI=1S/C40H68O10/c1-20(2)21(3)8-9-22(4)27-12-13-28-26-11-10-24-18-25(14-16-39(24,6)29(26)15-17-40(27,28)7)48-37-35(46)33(44)36(23(5)47-37)50-38-34(45)32(43)31(42)30(19-41)49-38/h10,20-23,25-38,41-46H,8-9,11-19H2,1-7H3. The van der Waals surface area contributed by atoms with Crippen molar-refractivity contribution in [3.05, 3.63) is 11.6 Å². The van der Waals surface area contributed by atoms with Crippen molar-refractivity contribution in [2.45, 2.75) is 180 Å². The molecule has 19 unspecified atom stereocenters. The van der Waals surface area contributed by atoms with Gasteiger partial charge in [-0.2, -0.15) is 0 Å². The van der Waals surface area contributed by atoms with Crippen molar-refractivity contribution in [3.8, 4) is 0 Å². The molecule has 6 N–H and O–H groups in total. The van der Waals surface area contributed by atoms with E-state index in [9.17, 15) is 30.6 Å². The van der Waals surface area contributed by atoms with E-state index in [1.54, 1.807) is 6.92 Å². The van der Waals surface area contributed by atoms with Crippen molar-refractivity contribution in [1.29, 1.82) is 0 Å². The van der Waals surface area contributed by atoms with E-state index < -0.39 is 68.0 Å². The first kappa shape index (κ1) is 39.0. The third-order valence-corrected chi connectivity index (χ3v) is 15.3. The summed E-state index contributed by atoms with van der Waals surface area (Å²) >= 11 is 0. The van der Waals surface area contributed by atoms with Gasteiger partial charge < -0.3 is 49.6 Å². The minimum Gasteiger partial charge on any atom is -0.394 e. The van der Waals surface area contributed by atoms with Crippen LogP contribution in [0.5, 0.6) is 0 Å². The van der Waals surface area contributed by atoms with Crippen LogP contribution in [0.1, 0.15) is 113 Å². The lowest BCUT2D eigenvalue weighted by Gasteiger charge is -2.58. The Labute approximate surface area is 299 Å². The maximum Gasteiger partial charge on any atom is 0.187 e. The van der Waals surface area contributed by atoms with Gasteiger partial charge in [-0.1, -0.05) is 66.0 Å². The molecule has 0 spiro atoms. The van der Waals surface area contributed by atoms with E-state index in [2.05, 4.69) is 47.6 Å². The van der Waals surface area contributed by atoms with E-state index in [1.165, 1.54) is 44.1 Å². The predicted octanol–water partition coefficient (Wildman–Crippen LogP) is 4.31. The lowest BCUT2D eigenvalue weighted by molar-refractivity contribution is -0.359. The summed E-state index contributed by atoms with van der Waals surface area (Å²) in [5.41, 5.74) is 2.08. The van der Waals surface area contributed by atoms with Crippen LogP contribution in [-0.4, -0.2) is 105 Å². The molecule has 0 amide bonds. The number of allylic oxidation sites excluding steroid dienone is 1. The first-order valence-corrected chi connectivity index (χ1v) is 19.9. The lowest BCUT2D eigenvalue weighted by Crippen LogP contribution is -2.64. The molecule has 19 atom stereocenters. The van der Waals surface area contributed by atoms with E-state index in [0.717, 1.165) is 61.2 Å². The summed E-state index contributed by atoms with van der Waals surface area (Å²) in [6.45, 7) is 15.9. The third kappa shape index (κ3) is 7.02. The first-order valence-electron chi connectivity index (χ1n) is 19.9. The van der Waals surface area contributed by atoms with Gasteiger partial charge in [-0.05, 0) is 111 Å². The van der Waals surface area contributed by atoms with E-state index in [4.69, 9.17) is 18.9 Å². The molecule has 0 bridgehead atoms. The average Bonchev–Trinajstić information content (AvgIpc) is 3.45. The van der Waals surface area contributed by atoms with Gasteiger partial charge in [-0.15, -0.1) is 0 Å². The van der Waals surface area contributed by atoms with Crippen molar-refractivity contribution < 1.29 is 49.6 Å². The highest BCUT2D eigenvalue weighted by atomic mass is 16.7. The summed E-state index contributed by atoms with van der Waals surface area (Å²) in [6, 6.07) is 0. The molecule has 2 saturated heterocycles. The molecule has 10 nitrogen and oxygen atoms in total. The van der Waals surface area contributed by atoms with Crippen LogP contribution in [0.2, 0.25) is 0 Å². The Kier molecular flexibility index (Phi) is 11.9. The molecule has 0 aromatic heterocycles. The van der Waals surface area contributed by atoms with Gasteiger partial charge in [0, 0.05) is 0 Å². The highest BCUT2D eigenvalue weighted by Crippen LogP contribution is 2.67. The van der Waals surface area contributed by atoms with Crippen LogP contribution in [0.15, 0.2) is 11.6 Å². The summed E-state index contributed by atoms with van der Waals surface area (Å²) in [7, 11) is 0. The lowest BCUT2D eigenvalue weighted by atomic mass is 9.47. The van der Waals surface area contributed by atoms with Crippen LogP contribution in [0.4, 0.5) is 0 Å². The van der Waals surface area contributed by atoms with E-state index in [1.807, 2.05) is 0 Å².